The van der Waals surface area contributed by atoms with Crippen LogP contribution in [-0.2, 0) is 4.79 Å². The van der Waals surface area contributed by atoms with E-state index in [1.54, 1.807) is 25.3 Å². The van der Waals surface area contributed by atoms with Crippen LogP contribution in [-0.4, -0.2) is 20.7 Å². The second-order valence-corrected chi connectivity index (χ2v) is 6.94. The maximum absolute atomic E-state index is 12.8. The number of amides is 1. The highest BCUT2D eigenvalue weighted by atomic mass is 16.2. The van der Waals surface area contributed by atoms with Gasteiger partial charge in [-0.2, -0.15) is 5.10 Å². The third-order valence-electron chi connectivity index (χ3n) is 4.79. The molecule has 0 aliphatic carbocycles. The summed E-state index contributed by atoms with van der Waals surface area (Å²) in [6.07, 6.45) is 1.72. The van der Waals surface area contributed by atoms with E-state index in [0.29, 0.717) is 11.4 Å². The van der Waals surface area contributed by atoms with Crippen molar-refractivity contribution in [2.75, 3.05) is 5.32 Å². The second kappa shape index (κ2) is 7.67. The summed E-state index contributed by atoms with van der Waals surface area (Å²) in [5.41, 5.74) is 3.83. The molecule has 2 heterocycles. The number of carbonyl (C=O) groups is 1. The molecule has 0 aliphatic rings. The maximum atomic E-state index is 12.8. The Kier molecular flexibility index (Phi) is 4.91. The summed E-state index contributed by atoms with van der Waals surface area (Å²) >= 11 is 0. The summed E-state index contributed by atoms with van der Waals surface area (Å²) in [4.78, 5) is 29.4. The molecule has 0 saturated carbocycles. The predicted molar refractivity (Wildman–Crippen MR) is 114 cm³/mol. The van der Waals surface area contributed by atoms with E-state index in [-0.39, 0.29) is 11.5 Å². The van der Waals surface area contributed by atoms with Gasteiger partial charge in [-0.15, -0.1) is 0 Å². The molecule has 4 rings (SSSR count). The van der Waals surface area contributed by atoms with Crippen molar-refractivity contribution in [3.63, 3.8) is 0 Å². The zero-order chi connectivity index (χ0) is 20.4. The molecule has 0 fully saturated rings. The first-order chi connectivity index (χ1) is 14.0. The molecule has 29 heavy (non-hydrogen) atoms. The fourth-order valence-corrected chi connectivity index (χ4v) is 3.09. The molecule has 1 unspecified atom stereocenters. The number of rotatable bonds is 4. The molecule has 6 heteroatoms. The van der Waals surface area contributed by atoms with Gasteiger partial charge in [0.05, 0.1) is 11.2 Å². The van der Waals surface area contributed by atoms with Crippen molar-refractivity contribution in [2.24, 2.45) is 0 Å². The average Bonchev–Trinajstić information content (AvgIpc) is 2.74. The molecule has 6 nitrogen and oxygen atoms in total. The summed E-state index contributed by atoms with van der Waals surface area (Å²) in [6, 6.07) is 19.5. The Morgan fingerprint density at radius 2 is 1.83 bits per heavy atom. The van der Waals surface area contributed by atoms with Gasteiger partial charge >= 0.3 is 0 Å². The molecule has 1 amide bonds. The number of nitrogens with one attached hydrogen (secondary N) is 1. The number of hydrogen-bond acceptors (Lipinski definition) is 4. The third-order valence-corrected chi connectivity index (χ3v) is 4.79. The summed E-state index contributed by atoms with van der Waals surface area (Å²) in [6.45, 7) is 3.67. The summed E-state index contributed by atoms with van der Waals surface area (Å²) in [5.74, 6) is -0.316. The van der Waals surface area contributed by atoms with E-state index in [0.717, 1.165) is 22.0 Å². The SMILES string of the molecule is Cc1ccc(-c2ccc(=O)n(C(C)C(=O)Nc3ccc4ncccc4c3)n2)cc1. The van der Waals surface area contributed by atoms with Gasteiger partial charge in [0.25, 0.3) is 5.56 Å². The lowest BCUT2D eigenvalue weighted by atomic mass is 10.1. The van der Waals surface area contributed by atoms with Gasteiger partial charge in [0.2, 0.25) is 5.91 Å². The van der Waals surface area contributed by atoms with Crippen molar-refractivity contribution in [3.8, 4) is 11.3 Å². The van der Waals surface area contributed by atoms with Gasteiger partial charge in [-0.05, 0) is 44.2 Å². The molecule has 144 valence electrons. The minimum atomic E-state index is -0.766. The van der Waals surface area contributed by atoms with Crippen molar-refractivity contribution in [1.82, 2.24) is 14.8 Å². The fourth-order valence-electron chi connectivity index (χ4n) is 3.09. The van der Waals surface area contributed by atoms with Crippen LogP contribution in [0.25, 0.3) is 22.2 Å². The van der Waals surface area contributed by atoms with Crippen molar-refractivity contribution in [3.05, 3.63) is 88.8 Å². The van der Waals surface area contributed by atoms with Gasteiger partial charge in [-0.25, -0.2) is 4.68 Å². The molecule has 2 aromatic heterocycles. The zero-order valence-corrected chi connectivity index (χ0v) is 16.2. The maximum Gasteiger partial charge on any atom is 0.267 e. The number of pyridine rings is 1. The summed E-state index contributed by atoms with van der Waals surface area (Å²) in [7, 11) is 0. The normalized spacial score (nSPS) is 11.9. The van der Waals surface area contributed by atoms with Gasteiger partial charge < -0.3 is 5.32 Å². The van der Waals surface area contributed by atoms with Crippen LogP contribution in [0.4, 0.5) is 5.69 Å². The molecule has 0 saturated heterocycles. The van der Waals surface area contributed by atoms with Crippen LogP contribution in [0.15, 0.2) is 77.7 Å². The molecule has 0 bridgehead atoms. The Balaban J connectivity index is 1.60. The molecule has 4 aromatic rings. The molecular formula is C23H20N4O2. The monoisotopic (exact) mass is 384 g/mol. The number of nitrogens with zero attached hydrogens (tertiary/aromatic N) is 3. The van der Waals surface area contributed by atoms with Gasteiger partial charge in [-0.1, -0.05) is 35.9 Å². The standard InChI is InChI=1S/C23H20N4O2/c1-15-5-7-17(8-6-15)21-11-12-22(28)27(26-21)16(2)23(29)25-19-9-10-20-18(14-19)4-3-13-24-20/h3-14,16H,1-2H3,(H,25,29). The van der Waals surface area contributed by atoms with E-state index in [4.69, 9.17) is 0 Å². The highest BCUT2D eigenvalue weighted by Gasteiger charge is 2.18. The van der Waals surface area contributed by atoms with Crippen LogP contribution in [0.1, 0.15) is 18.5 Å². The molecule has 1 atom stereocenters. The lowest BCUT2D eigenvalue weighted by Crippen LogP contribution is -2.33. The first-order valence-electron chi connectivity index (χ1n) is 9.34. The van der Waals surface area contributed by atoms with Crippen molar-refractivity contribution in [1.29, 1.82) is 0 Å². The first kappa shape index (κ1) is 18.6. The van der Waals surface area contributed by atoms with Gasteiger partial charge in [0.15, 0.2) is 0 Å². The van der Waals surface area contributed by atoms with Crippen LogP contribution in [0.5, 0.6) is 0 Å². The van der Waals surface area contributed by atoms with E-state index < -0.39 is 6.04 Å². The van der Waals surface area contributed by atoms with Crippen LogP contribution in [0, 0.1) is 6.92 Å². The number of hydrogen-bond donors (Lipinski definition) is 1. The third kappa shape index (κ3) is 3.91. The van der Waals surface area contributed by atoms with Crippen LogP contribution in [0.2, 0.25) is 0 Å². The fraction of sp³-hybridized carbons (Fsp3) is 0.130. The summed E-state index contributed by atoms with van der Waals surface area (Å²) in [5, 5.41) is 8.20. The molecule has 1 N–H and O–H groups in total. The highest BCUT2D eigenvalue weighted by molar-refractivity contribution is 5.95. The molecule has 0 aliphatic heterocycles. The number of aryl methyl sites for hydroxylation is 1. The molecular weight excluding hydrogens is 364 g/mol. The first-order valence-corrected chi connectivity index (χ1v) is 9.34. The number of anilines is 1. The van der Waals surface area contributed by atoms with Gasteiger partial charge in [-0.3, -0.25) is 14.6 Å². The Morgan fingerprint density at radius 3 is 2.62 bits per heavy atom. The Hall–Kier alpha value is -3.80. The quantitative estimate of drug-likeness (QED) is 0.578. The minimum Gasteiger partial charge on any atom is -0.324 e. The number of fused-ring (bicyclic) bond motifs is 1. The van der Waals surface area contributed by atoms with Gasteiger partial charge in [0.1, 0.15) is 6.04 Å². The van der Waals surface area contributed by atoms with Crippen molar-refractivity contribution >= 4 is 22.5 Å². The number of carbonyl (C=O) groups excluding carboxylic acids is 1. The zero-order valence-electron chi connectivity index (χ0n) is 16.2. The van der Waals surface area contributed by atoms with Crippen molar-refractivity contribution in [2.45, 2.75) is 19.9 Å². The number of aromatic nitrogens is 3. The van der Waals surface area contributed by atoms with Crippen LogP contribution < -0.4 is 10.9 Å². The molecule has 0 spiro atoms. The largest absolute Gasteiger partial charge is 0.324 e. The molecule has 0 radical (unpaired) electrons. The topological polar surface area (TPSA) is 76.9 Å². The Labute approximate surface area is 167 Å². The van der Waals surface area contributed by atoms with E-state index in [1.807, 2.05) is 55.5 Å². The Bertz CT molecular complexity index is 1250. The van der Waals surface area contributed by atoms with E-state index in [9.17, 15) is 9.59 Å². The highest BCUT2D eigenvalue weighted by Crippen LogP contribution is 2.19. The van der Waals surface area contributed by atoms with E-state index in [2.05, 4.69) is 15.4 Å². The van der Waals surface area contributed by atoms with E-state index in [1.165, 1.54) is 10.7 Å². The average molecular weight is 384 g/mol. The Morgan fingerprint density at radius 1 is 1.03 bits per heavy atom. The second-order valence-electron chi connectivity index (χ2n) is 6.94. The van der Waals surface area contributed by atoms with Gasteiger partial charge in [0, 0.05) is 28.9 Å². The van der Waals surface area contributed by atoms with Crippen molar-refractivity contribution < 1.29 is 4.79 Å². The predicted octanol–water partition coefficient (Wildman–Crippen LogP) is 3.97. The number of benzene rings is 2. The van der Waals surface area contributed by atoms with Crippen LogP contribution >= 0.6 is 0 Å². The smallest absolute Gasteiger partial charge is 0.267 e. The van der Waals surface area contributed by atoms with E-state index >= 15 is 0 Å². The lowest BCUT2D eigenvalue weighted by Gasteiger charge is -2.15. The van der Waals surface area contributed by atoms with Crippen LogP contribution in [0.3, 0.4) is 0 Å². The molecule has 2 aromatic carbocycles. The summed E-state index contributed by atoms with van der Waals surface area (Å²) < 4.78 is 1.22. The minimum absolute atomic E-state index is 0.316. The lowest BCUT2D eigenvalue weighted by molar-refractivity contribution is -0.119.